The monoisotopic (exact) mass is 427 g/mol. The number of hydrogen-bond acceptors (Lipinski definition) is 5. The van der Waals surface area contributed by atoms with E-state index >= 15 is 0 Å². The zero-order chi connectivity index (χ0) is 21.4. The lowest BCUT2D eigenvalue weighted by atomic mass is 10.2. The van der Waals surface area contributed by atoms with Crippen LogP contribution in [0, 0.1) is 13.8 Å². The number of hydrogen-bond donors (Lipinski definition) is 0. The number of para-hydroxylation sites is 1. The normalized spacial score (nSPS) is 11.4. The van der Waals surface area contributed by atoms with Crippen molar-refractivity contribution in [1.82, 2.24) is 23.9 Å². The standard InChI is InChI=1S/C24H21N5OS/c1-16-12-17(2)28-14-19(26-23(28)25-16)15-31-24-27-21-11-7-6-10-20(21)22(30)29(24)13-18-8-4-3-5-9-18/h3-12,14H,13,15H2,1-2H3. The van der Waals surface area contributed by atoms with Crippen molar-refractivity contribution in [2.24, 2.45) is 0 Å². The first-order valence-corrected chi connectivity index (χ1v) is 11.1. The third-order valence-corrected chi connectivity index (χ3v) is 6.18. The first-order chi connectivity index (χ1) is 15.1. The fourth-order valence-electron chi connectivity index (χ4n) is 3.69. The number of imidazole rings is 1. The van der Waals surface area contributed by atoms with Crippen LogP contribution in [-0.4, -0.2) is 23.9 Å². The van der Waals surface area contributed by atoms with Crippen molar-refractivity contribution in [3.8, 4) is 0 Å². The molecule has 0 saturated heterocycles. The Bertz CT molecular complexity index is 1460. The van der Waals surface area contributed by atoms with Crippen LogP contribution in [0.5, 0.6) is 0 Å². The molecule has 31 heavy (non-hydrogen) atoms. The van der Waals surface area contributed by atoms with Gasteiger partial charge in [0, 0.05) is 23.3 Å². The van der Waals surface area contributed by atoms with Crippen LogP contribution in [0.25, 0.3) is 16.7 Å². The summed E-state index contributed by atoms with van der Waals surface area (Å²) in [6.07, 6.45) is 2.00. The Hall–Kier alpha value is -3.45. The summed E-state index contributed by atoms with van der Waals surface area (Å²) >= 11 is 1.52. The molecule has 2 aromatic carbocycles. The topological polar surface area (TPSA) is 65.1 Å². The summed E-state index contributed by atoms with van der Waals surface area (Å²) in [5, 5.41) is 1.32. The van der Waals surface area contributed by atoms with Crippen LogP contribution in [0.1, 0.15) is 22.6 Å². The van der Waals surface area contributed by atoms with Crippen molar-refractivity contribution in [2.45, 2.75) is 31.3 Å². The highest BCUT2D eigenvalue weighted by Gasteiger charge is 2.14. The highest BCUT2D eigenvalue weighted by molar-refractivity contribution is 7.98. The molecule has 3 heterocycles. The van der Waals surface area contributed by atoms with Gasteiger partial charge < -0.3 is 0 Å². The van der Waals surface area contributed by atoms with Gasteiger partial charge in [0.1, 0.15) is 0 Å². The summed E-state index contributed by atoms with van der Waals surface area (Å²) in [7, 11) is 0. The lowest BCUT2D eigenvalue weighted by molar-refractivity contribution is 0.658. The maximum Gasteiger partial charge on any atom is 0.262 e. The molecule has 0 N–H and O–H groups in total. The van der Waals surface area contributed by atoms with Crippen molar-refractivity contribution in [3.05, 3.63) is 99.9 Å². The van der Waals surface area contributed by atoms with Gasteiger partial charge in [0.2, 0.25) is 5.78 Å². The average molecular weight is 428 g/mol. The zero-order valence-corrected chi connectivity index (χ0v) is 18.1. The predicted octanol–water partition coefficient (Wildman–Crippen LogP) is 4.40. The van der Waals surface area contributed by atoms with Crippen LogP contribution >= 0.6 is 11.8 Å². The van der Waals surface area contributed by atoms with Crippen molar-refractivity contribution >= 4 is 28.4 Å². The number of fused-ring (bicyclic) bond motifs is 2. The van der Waals surface area contributed by atoms with Crippen LogP contribution < -0.4 is 5.56 Å². The average Bonchev–Trinajstić information content (AvgIpc) is 3.18. The van der Waals surface area contributed by atoms with E-state index in [1.54, 1.807) is 4.57 Å². The Labute approximate surface area is 183 Å². The summed E-state index contributed by atoms with van der Waals surface area (Å²) in [5.74, 6) is 1.29. The molecule has 5 rings (SSSR count). The third kappa shape index (κ3) is 3.84. The van der Waals surface area contributed by atoms with E-state index in [1.807, 2.05) is 85.1 Å². The minimum Gasteiger partial charge on any atom is -0.288 e. The molecular formula is C24H21N5OS. The van der Waals surface area contributed by atoms with Gasteiger partial charge in [-0.05, 0) is 37.6 Å². The second-order valence-electron chi connectivity index (χ2n) is 7.52. The zero-order valence-electron chi connectivity index (χ0n) is 17.3. The minimum atomic E-state index is -0.0277. The van der Waals surface area contributed by atoms with E-state index in [0.717, 1.165) is 22.6 Å². The Morgan fingerprint density at radius 3 is 2.55 bits per heavy atom. The first-order valence-electron chi connectivity index (χ1n) is 10.1. The molecule has 0 amide bonds. The molecule has 154 valence electrons. The molecule has 0 radical (unpaired) electrons. The molecule has 0 unspecified atom stereocenters. The lowest BCUT2D eigenvalue weighted by Crippen LogP contribution is -2.24. The van der Waals surface area contributed by atoms with Crippen LogP contribution in [-0.2, 0) is 12.3 Å². The Kier molecular flexibility index (Phi) is 5.03. The van der Waals surface area contributed by atoms with Crippen molar-refractivity contribution in [2.75, 3.05) is 0 Å². The molecule has 0 bridgehead atoms. The van der Waals surface area contributed by atoms with Gasteiger partial charge in [-0.15, -0.1) is 0 Å². The molecular weight excluding hydrogens is 406 g/mol. The van der Waals surface area contributed by atoms with Crippen molar-refractivity contribution in [1.29, 1.82) is 0 Å². The number of aryl methyl sites for hydroxylation is 2. The molecule has 6 nitrogen and oxygen atoms in total. The van der Waals surface area contributed by atoms with E-state index in [1.165, 1.54) is 11.8 Å². The fourth-order valence-corrected chi connectivity index (χ4v) is 4.57. The van der Waals surface area contributed by atoms with Crippen LogP contribution in [0.15, 0.2) is 76.8 Å². The highest BCUT2D eigenvalue weighted by Crippen LogP contribution is 2.23. The number of rotatable bonds is 5. The second kappa shape index (κ2) is 8.00. The molecule has 0 aliphatic rings. The second-order valence-corrected chi connectivity index (χ2v) is 8.46. The van der Waals surface area contributed by atoms with E-state index in [2.05, 4.69) is 9.97 Å². The molecule has 3 aromatic heterocycles. The largest absolute Gasteiger partial charge is 0.288 e. The van der Waals surface area contributed by atoms with E-state index in [-0.39, 0.29) is 5.56 Å². The molecule has 0 aliphatic carbocycles. The van der Waals surface area contributed by atoms with Gasteiger partial charge in [-0.25, -0.2) is 15.0 Å². The molecule has 0 spiro atoms. The summed E-state index contributed by atoms with van der Waals surface area (Å²) in [6, 6.07) is 19.5. The molecule has 5 aromatic rings. The van der Waals surface area contributed by atoms with Gasteiger partial charge in [0.15, 0.2) is 5.16 Å². The molecule has 7 heteroatoms. The smallest absolute Gasteiger partial charge is 0.262 e. The molecule has 0 saturated carbocycles. The van der Waals surface area contributed by atoms with Gasteiger partial charge in [-0.3, -0.25) is 13.8 Å². The molecule has 0 fully saturated rings. The van der Waals surface area contributed by atoms with Gasteiger partial charge in [-0.1, -0.05) is 54.2 Å². The number of nitrogens with zero attached hydrogens (tertiary/aromatic N) is 5. The first kappa shape index (κ1) is 19.5. The van der Waals surface area contributed by atoms with Gasteiger partial charge in [0.25, 0.3) is 5.56 Å². The predicted molar refractivity (Wildman–Crippen MR) is 124 cm³/mol. The van der Waals surface area contributed by atoms with Crippen molar-refractivity contribution in [3.63, 3.8) is 0 Å². The summed E-state index contributed by atoms with van der Waals surface area (Å²) in [6.45, 7) is 4.49. The minimum absolute atomic E-state index is 0.0277. The lowest BCUT2D eigenvalue weighted by Gasteiger charge is -2.13. The van der Waals surface area contributed by atoms with Gasteiger partial charge >= 0.3 is 0 Å². The van der Waals surface area contributed by atoms with Crippen molar-refractivity contribution < 1.29 is 0 Å². The number of thioether (sulfide) groups is 1. The van der Waals surface area contributed by atoms with Crippen LogP contribution in [0.3, 0.4) is 0 Å². The summed E-state index contributed by atoms with van der Waals surface area (Å²) < 4.78 is 3.75. The Balaban J connectivity index is 1.53. The van der Waals surface area contributed by atoms with E-state index < -0.39 is 0 Å². The Morgan fingerprint density at radius 2 is 1.71 bits per heavy atom. The number of aromatic nitrogens is 5. The van der Waals surface area contributed by atoms with E-state index in [4.69, 9.17) is 4.98 Å². The quantitative estimate of drug-likeness (QED) is 0.307. The number of benzene rings is 2. The van der Waals surface area contributed by atoms with E-state index in [9.17, 15) is 4.79 Å². The van der Waals surface area contributed by atoms with E-state index in [0.29, 0.717) is 34.1 Å². The summed E-state index contributed by atoms with van der Waals surface area (Å²) in [5.41, 5.74) is 4.69. The SMILES string of the molecule is Cc1cc(C)n2cc(CSc3nc4ccccc4c(=O)n3Cc3ccccc3)nc2n1. The van der Waals surface area contributed by atoms with Gasteiger partial charge in [0.05, 0.1) is 23.1 Å². The maximum absolute atomic E-state index is 13.3. The fraction of sp³-hybridized carbons (Fsp3) is 0.167. The molecule has 0 aliphatic heterocycles. The Morgan fingerprint density at radius 1 is 0.935 bits per heavy atom. The molecule has 0 atom stereocenters. The third-order valence-electron chi connectivity index (χ3n) is 5.17. The highest BCUT2D eigenvalue weighted by atomic mass is 32.2. The van der Waals surface area contributed by atoms with Gasteiger partial charge in [-0.2, -0.15) is 0 Å². The van der Waals surface area contributed by atoms with Crippen LogP contribution in [0.2, 0.25) is 0 Å². The summed E-state index contributed by atoms with van der Waals surface area (Å²) in [4.78, 5) is 27.3. The van der Waals surface area contributed by atoms with Crippen LogP contribution in [0.4, 0.5) is 0 Å². The maximum atomic E-state index is 13.3.